The van der Waals surface area contributed by atoms with Crippen LogP contribution in [0.5, 0.6) is 0 Å². The molecule has 0 atom stereocenters. The van der Waals surface area contributed by atoms with Crippen LogP contribution < -0.4 is 4.72 Å². The molecule has 0 saturated carbocycles. The lowest BCUT2D eigenvalue weighted by Gasteiger charge is -2.03. The van der Waals surface area contributed by atoms with Crippen LogP contribution >= 0.6 is 0 Å². The molecule has 9 heteroatoms. The minimum Gasteiger partial charge on any atom is -0.462 e. The van der Waals surface area contributed by atoms with Gasteiger partial charge in [0.05, 0.1) is 12.4 Å². The van der Waals surface area contributed by atoms with Crippen LogP contribution in [0, 0.1) is 6.92 Å². The maximum Gasteiger partial charge on any atom is 0.267 e. The molecule has 2 heterocycles. The molecule has 2 aromatic rings. The highest BCUT2D eigenvalue weighted by Gasteiger charge is 2.22. The molecular weight excluding hydrogens is 260 g/mol. The average molecular weight is 270 g/mol. The molecule has 18 heavy (non-hydrogen) atoms. The first kappa shape index (κ1) is 12.5. The van der Waals surface area contributed by atoms with Crippen LogP contribution in [0.2, 0.25) is 0 Å². The number of nitrogens with one attached hydrogen (secondary N) is 1. The van der Waals surface area contributed by atoms with Gasteiger partial charge in [-0.15, -0.1) is 5.10 Å². The number of furan rings is 1. The van der Waals surface area contributed by atoms with Crippen molar-refractivity contribution < 1.29 is 17.9 Å². The Labute approximate surface area is 103 Å². The second-order valence-electron chi connectivity index (χ2n) is 3.36. The monoisotopic (exact) mass is 270 g/mol. The van der Waals surface area contributed by atoms with E-state index in [1.165, 1.54) is 25.4 Å². The molecule has 0 unspecified atom stereocenters. The van der Waals surface area contributed by atoms with E-state index in [4.69, 9.17) is 9.52 Å². The lowest BCUT2D eigenvalue weighted by atomic mass is 10.4. The highest BCUT2D eigenvalue weighted by molar-refractivity contribution is 7.92. The van der Waals surface area contributed by atoms with Crippen molar-refractivity contribution in [3.63, 3.8) is 0 Å². The van der Waals surface area contributed by atoms with Gasteiger partial charge in [-0.3, -0.25) is 0 Å². The average Bonchev–Trinajstić information content (AvgIpc) is 2.72. The summed E-state index contributed by atoms with van der Waals surface area (Å²) in [5.74, 6) is 0.207. The van der Waals surface area contributed by atoms with Crippen molar-refractivity contribution in [3.8, 4) is 0 Å². The second-order valence-corrected chi connectivity index (χ2v) is 5.01. The van der Waals surface area contributed by atoms with Crippen LogP contribution in [0.3, 0.4) is 0 Å². The first-order valence-electron chi connectivity index (χ1n) is 4.89. The van der Waals surface area contributed by atoms with Crippen molar-refractivity contribution in [2.24, 2.45) is 0 Å². The zero-order chi connectivity index (χ0) is 13.2. The van der Waals surface area contributed by atoms with E-state index in [1.807, 2.05) is 0 Å². The van der Waals surface area contributed by atoms with E-state index in [0.29, 0.717) is 0 Å². The molecule has 2 N–H and O–H groups in total. The molecule has 0 aliphatic heterocycles. The molecule has 0 aliphatic rings. The third-order valence-corrected chi connectivity index (χ3v) is 3.51. The van der Waals surface area contributed by atoms with E-state index in [9.17, 15) is 8.42 Å². The Morgan fingerprint density at radius 3 is 2.78 bits per heavy atom. The minimum atomic E-state index is -3.85. The van der Waals surface area contributed by atoms with Gasteiger partial charge in [0.15, 0.2) is 0 Å². The van der Waals surface area contributed by atoms with Crippen LogP contribution in [0.25, 0.3) is 0 Å². The Bertz CT molecular complexity index is 638. The number of nitrogens with zero attached hydrogens (tertiary/aromatic N) is 3. The molecule has 0 bridgehead atoms. The van der Waals surface area contributed by atoms with Crippen molar-refractivity contribution in [2.75, 3.05) is 4.72 Å². The standard InChI is InChI=1S/C9H10N4O4S/c1-6-8(4-7(5-14)17-6)18(15,16)13-9-10-2-3-11-12-9/h2-4,14H,5H2,1H3,(H,10,12,13). The van der Waals surface area contributed by atoms with Crippen molar-refractivity contribution in [1.29, 1.82) is 0 Å². The van der Waals surface area contributed by atoms with Gasteiger partial charge in [-0.1, -0.05) is 0 Å². The second kappa shape index (κ2) is 4.70. The smallest absolute Gasteiger partial charge is 0.267 e. The molecule has 0 saturated heterocycles. The first-order valence-corrected chi connectivity index (χ1v) is 6.38. The Balaban J connectivity index is 2.34. The Hall–Kier alpha value is -2.00. The van der Waals surface area contributed by atoms with Crippen molar-refractivity contribution >= 4 is 16.0 Å². The summed E-state index contributed by atoms with van der Waals surface area (Å²) in [5, 5.41) is 15.9. The van der Waals surface area contributed by atoms with Gasteiger partial charge in [-0.25, -0.2) is 18.1 Å². The quantitative estimate of drug-likeness (QED) is 0.806. The van der Waals surface area contributed by atoms with Gasteiger partial charge in [0.1, 0.15) is 23.0 Å². The Kier molecular flexibility index (Phi) is 3.26. The number of sulfonamides is 1. The van der Waals surface area contributed by atoms with Gasteiger partial charge in [0, 0.05) is 6.07 Å². The topological polar surface area (TPSA) is 118 Å². The van der Waals surface area contributed by atoms with Crippen molar-refractivity contribution in [3.05, 3.63) is 30.0 Å². The fourth-order valence-corrected chi connectivity index (χ4v) is 2.49. The van der Waals surface area contributed by atoms with Crippen LogP contribution in [-0.2, 0) is 16.6 Å². The van der Waals surface area contributed by atoms with Crippen LogP contribution in [-0.4, -0.2) is 28.7 Å². The normalized spacial score (nSPS) is 11.4. The molecule has 96 valence electrons. The molecule has 0 fully saturated rings. The van der Waals surface area contributed by atoms with Gasteiger partial charge in [0.25, 0.3) is 16.0 Å². The molecular formula is C9H10N4O4S. The molecule has 0 aromatic carbocycles. The number of aryl methyl sites for hydroxylation is 1. The fraction of sp³-hybridized carbons (Fsp3) is 0.222. The molecule has 0 amide bonds. The summed E-state index contributed by atoms with van der Waals surface area (Å²) in [6.45, 7) is 1.11. The molecule has 0 aliphatic carbocycles. The highest BCUT2D eigenvalue weighted by atomic mass is 32.2. The maximum atomic E-state index is 12.0. The fourth-order valence-electron chi connectivity index (χ4n) is 1.34. The summed E-state index contributed by atoms with van der Waals surface area (Å²) in [5.41, 5.74) is 0. The SMILES string of the molecule is Cc1oc(CO)cc1S(=O)(=O)Nc1nccnn1. The van der Waals surface area contributed by atoms with E-state index in [2.05, 4.69) is 19.9 Å². The van der Waals surface area contributed by atoms with Gasteiger partial charge in [-0.2, -0.15) is 5.10 Å². The van der Waals surface area contributed by atoms with Crippen molar-refractivity contribution in [1.82, 2.24) is 15.2 Å². The maximum absolute atomic E-state index is 12.0. The summed E-state index contributed by atoms with van der Waals surface area (Å²) < 4.78 is 31.2. The Morgan fingerprint density at radius 1 is 1.44 bits per heavy atom. The van der Waals surface area contributed by atoms with E-state index < -0.39 is 10.0 Å². The summed E-state index contributed by atoms with van der Waals surface area (Å²) in [7, 11) is -3.85. The van der Waals surface area contributed by atoms with Gasteiger partial charge < -0.3 is 9.52 Å². The summed E-state index contributed by atoms with van der Waals surface area (Å²) in [6, 6.07) is 1.24. The number of aliphatic hydroxyl groups is 1. The number of aromatic nitrogens is 3. The lowest BCUT2D eigenvalue weighted by Crippen LogP contribution is -2.15. The molecule has 0 radical (unpaired) electrons. The highest BCUT2D eigenvalue weighted by Crippen LogP contribution is 2.21. The molecule has 8 nitrogen and oxygen atoms in total. The minimum absolute atomic E-state index is 0.0704. The zero-order valence-electron chi connectivity index (χ0n) is 9.36. The molecule has 0 spiro atoms. The third-order valence-electron chi connectivity index (χ3n) is 2.08. The lowest BCUT2D eigenvalue weighted by molar-refractivity contribution is 0.245. The largest absolute Gasteiger partial charge is 0.462 e. The number of anilines is 1. The van der Waals surface area contributed by atoms with Gasteiger partial charge in [-0.05, 0) is 6.92 Å². The zero-order valence-corrected chi connectivity index (χ0v) is 10.2. The predicted octanol–water partition coefficient (Wildman–Crippen LogP) is 0.0661. The summed E-state index contributed by atoms with van der Waals surface area (Å²) in [4.78, 5) is 3.63. The number of rotatable bonds is 4. The van der Waals surface area contributed by atoms with Crippen molar-refractivity contribution in [2.45, 2.75) is 18.4 Å². The van der Waals surface area contributed by atoms with E-state index in [1.54, 1.807) is 0 Å². The van der Waals surface area contributed by atoms with E-state index >= 15 is 0 Å². The number of hydrogen-bond acceptors (Lipinski definition) is 7. The first-order chi connectivity index (χ1) is 8.53. The van der Waals surface area contributed by atoms with Gasteiger partial charge >= 0.3 is 0 Å². The van der Waals surface area contributed by atoms with Crippen LogP contribution in [0.15, 0.2) is 27.8 Å². The number of aliphatic hydroxyl groups excluding tert-OH is 1. The van der Waals surface area contributed by atoms with Gasteiger partial charge in [0.2, 0.25) is 0 Å². The van der Waals surface area contributed by atoms with E-state index in [-0.39, 0.29) is 29.0 Å². The predicted molar refractivity (Wildman–Crippen MR) is 60.0 cm³/mol. The number of hydrogen-bond donors (Lipinski definition) is 2. The van der Waals surface area contributed by atoms with Crippen LogP contribution in [0.1, 0.15) is 11.5 Å². The van der Waals surface area contributed by atoms with E-state index in [0.717, 1.165) is 0 Å². The van der Waals surface area contributed by atoms with Crippen LogP contribution in [0.4, 0.5) is 5.95 Å². The summed E-state index contributed by atoms with van der Waals surface area (Å²) >= 11 is 0. The molecule has 2 rings (SSSR count). The molecule has 2 aromatic heterocycles. The third kappa shape index (κ3) is 2.46. The Morgan fingerprint density at radius 2 is 2.22 bits per heavy atom. The summed E-state index contributed by atoms with van der Waals surface area (Å²) in [6.07, 6.45) is 2.64.